The summed E-state index contributed by atoms with van der Waals surface area (Å²) >= 11 is 6.03. The number of aryl methyl sites for hydroxylation is 1. The molecule has 2 amide bonds. The van der Waals surface area contributed by atoms with Gasteiger partial charge in [-0.2, -0.15) is 0 Å². The highest BCUT2D eigenvalue weighted by Gasteiger charge is 2.22. The van der Waals surface area contributed by atoms with Crippen molar-refractivity contribution in [3.8, 4) is 0 Å². The van der Waals surface area contributed by atoms with Gasteiger partial charge in [0.2, 0.25) is 0 Å². The zero-order valence-electron chi connectivity index (χ0n) is 10.3. The molecule has 0 aromatic heterocycles. The number of carbonyl (C=O) groups excluding carboxylic acids is 1. The highest BCUT2D eigenvalue weighted by molar-refractivity contribution is 6.33. The standard InChI is InChI=1S/C13H17ClN2O2/c1-9-4-5-11(14)12(7-9)15-13(18)16-6-2-3-10(17)8-16/h4-5,7,10,17H,2-3,6,8H2,1H3,(H,15,18). The first-order valence-corrected chi connectivity index (χ1v) is 6.44. The quantitative estimate of drug-likeness (QED) is 0.823. The molecule has 1 unspecified atom stereocenters. The smallest absolute Gasteiger partial charge is 0.321 e. The fraction of sp³-hybridized carbons (Fsp3) is 0.462. The fourth-order valence-corrected chi connectivity index (χ4v) is 2.23. The molecule has 1 fully saturated rings. The highest BCUT2D eigenvalue weighted by atomic mass is 35.5. The lowest BCUT2D eigenvalue weighted by molar-refractivity contribution is 0.0883. The average Bonchev–Trinajstić information content (AvgIpc) is 2.34. The Bertz CT molecular complexity index is 451. The number of rotatable bonds is 1. The Morgan fingerprint density at radius 2 is 2.33 bits per heavy atom. The van der Waals surface area contributed by atoms with Crippen LogP contribution in [0, 0.1) is 6.92 Å². The van der Waals surface area contributed by atoms with Crippen molar-refractivity contribution < 1.29 is 9.90 Å². The van der Waals surface area contributed by atoms with Gasteiger partial charge < -0.3 is 15.3 Å². The molecule has 98 valence electrons. The Morgan fingerprint density at radius 3 is 3.06 bits per heavy atom. The molecule has 5 heteroatoms. The van der Waals surface area contributed by atoms with Crippen LogP contribution in [0.5, 0.6) is 0 Å². The van der Waals surface area contributed by atoms with Gasteiger partial charge in [-0.1, -0.05) is 17.7 Å². The van der Waals surface area contributed by atoms with E-state index in [4.69, 9.17) is 11.6 Å². The van der Waals surface area contributed by atoms with E-state index in [9.17, 15) is 9.90 Å². The van der Waals surface area contributed by atoms with E-state index in [-0.39, 0.29) is 6.03 Å². The van der Waals surface area contributed by atoms with Gasteiger partial charge in [-0.05, 0) is 37.5 Å². The molecule has 0 radical (unpaired) electrons. The third-order valence-electron chi connectivity index (χ3n) is 3.05. The Hall–Kier alpha value is -1.26. The number of anilines is 1. The van der Waals surface area contributed by atoms with Crippen molar-refractivity contribution in [2.75, 3.05) is 18.4 Å². The summed E-state index contributed by atoms with van der Waals surface area (Å²) in [4.78, 5) is 13.6. The van der Waals surface area contributed by atoms with Crippen molar-refractivity contribution in [2.24, 2.45) is 0 Å². The second kappa shape index (κ2) is 5.59. The summed E-state index contributed by atoms with van der Waals surface area (Å²) in [6, 6.07) is 5.28. The molecule has 0 aliphatic carbocycles. The third-order valence-corrected chi connectivity index (χ3v) is 3.38. The molecule has 1 heterocycles. The Morgan fingerprint density at radius 1 is 1.56 bits per heavy atom. The number of halogens is 1. The van der Waals surface area contributed by atoms with Gasteiger partial charge in [-0.25, -0.2) is 4.79 Å². The number of likely N-dealkylation sites (tertiary alicyclic amines) is 1. The number of hydrogen-bond acceptors (Lipinski definition) is 2. The molecule has 1 atom stereocenters. The molecule has 18 heavy (non-hydrogen) atoms. The molecular weight excluding hydrogens is 252 g/mol. The van der Waals surface area contributed by atoms with E-state index in [0.717, 1.165) is 18.4 Å². The molecule has 1 aliphatic heterocycles. The number of urea groups is 1. The number of aliphatic hydroxyl groups is 1. The van der Waals surface area contributed by atoms with E-state index in [1.807, 2.05) is 19.1 Å². The fourth-order valence-electron chi connectivity index (χ4n) is 2.07. The van der Waals surface area contributed by atoms with Crippen LogP contribution in [-0.2, 0) is 0 Å². The van der Waals surface area contributed by atoms with Crippen LogP contribution in [-0.4, -0.2) is 35.2 Å². The summed E-state index contributed by atoms with van der Waals surface area (Å²) in [6.07, 6.45) is 1.17. The second-order valence-electron chi connectivity index (χ2n) is 4.66. The zero-order valence-corrected chi connectivity index (χ0v) is 11.1. The SMILES string of the molecule is Cc1ccc(Cl)c(NC(=O)N2CCCC(O)C2)c1. The number of amides is 2. The van der Waals surface area contributed by atoms with Crippen molar-refractivity contribution in [3.05, 3.63) is 28.8 Å². The topological polar surface area (TPSA) is 52.6 Å². The van der Waals surface area contributed by atoms with Crippen LogP contribution in [0.1, 0.15) is 18.4 Å². The number of nitrogens with one attached hydrogen (secondary N) is 1. The molecule has 1 saturated heterocycles. The van der Waals surface area contributed by atoms with Gasteiger partial charge >= 0.3 is 6.03 Å². The monoisotopic (exact) mass is 268 g/mol. The summed E-state index contributed by atoms with van der Waals surface area (Å²) < 4.78 is 0. The van der Waals surface area contributed by atoms with E-state index in [2.05, 4.69) is 5.32 Å². The van der Waals surface area contributed by atoms with Crippen LogP contribution in [0.4, 0.5) is 10.5 Å². The van der Waals surface area contributed by atoms with Crippen molar-refractivity contribution in [1.29, 1.82) is 0 Å². The van der Waals surface area contributed by atoms with Crippen molar-refractivity contribution in [1.82, 2.24) is 4.90 Å². The molecule has 0 spiro atoms. The molecule has 1 aromatic carbocycles. The number of β-amino-alcohol motifs (C(OH)–C–C–N with tert-alkyl or cyclic N) is 1. The maximum Gasteiger partial charge on any atom is 0.321 e. The Labute approximate surface area is 112 Å². The van der Waals surface area contributed by atoms with Gasteiger partial charge in [0.1, 0.15) is 0 Å². The van der Waals surface area contributed by atoms with Gasteiger partial charge in [0, 0.05) is 13.1 Å². The highest BCUT2D eigenvalue weighted by Crippen LogP contribution is 2.23. The summed E-state index contributed by atoms with van der Waals surface area (Å²) in [5.74, 6) is 0. The van der Waals surface area contributed by atoms with Crippen LogP contribution < -0.4 is 5.32 Å². The van der Waals surface area contributed by atoms with Gasteiger partial charge in [0.15, 0.2) is 0 Å². The van der Waals surface area contributed by atoms with Gasteiger partial charge in [0.25, 0.3) is 0 Å². The summed E-state index contributed by atoms with van der Waals surface area (Å²) in [7, 11) is 0. The number of benzene rings is 1. The van der Waals surface area contributed by atoms with Crippen LogP contribution >= 0.6 is 11.6 Å². The first kappa shape index (κ1) is 13.2. The van der Waals surface area contributed by atoms with Crippen LogP contribution in [0.25, 0.3) is 0 Å². The summed E-state index contributed by atoms with van der Waals surface area (Å²) in [5, 5.41) is 12.9. The predicted molar refractivity (Wildman–Crippen MR) is 72.0 cm³/mol. The summed E-state index contributed by atoms with van der Waals surface area (Å²) in [5.41, 5.74) is 1.65. The average molecular weight is 269 g/mol. The van der Waals surface area contributed by atoms with Crippen molar-refractivity contribution in [2.45, 2.75) is 25.9 Å². The van der Waals surface area contributed by atoms with Crippen LogP contribution in [0.15, 0.2) is 18.2 Å². The Balaban J connectivity index is 2.04. The minimum absolute atomic E-state index is 0.207. The molecule has 0 bridgehead atoms. The minimum Gasteiger partial charge on any atom is -0.391 e. The second-order valence-corrected chi connectivity index (χ2v) is 5.06. The first-order chi connectivity index (χ1) is 8.56. The Kier molecular flexibility index (Phi) is 4.09. The molecular formula is C13H17ClN2O2. The largest absolute Gasteiger partial charge is 0.391 e. The first-order valence-electron chi connectivity index (χ1n) is 6.06. The molecule has 2 rings (SSSR count). The molecule has 4 nitrogen and oxygen atoms in total. The number of piperidine rings is 1. The molecule has 1 aliphatic rings. The van der Waals surface area contributed by atoms with Crippen LogP contribution in [0.3, 0.4) is 0 Å². The number of hydrogen-bond donors (Lipinski definition) is 2. The maximum atomic E-state index is 12.0. The van der Waals surface area contributed by atoms with Gasteiger partial charge in [0.05, 0.1) is 16.8 Å². The molecule has 2 N–H and O–H groups in total. The normalized spacial score (nSPS) is 19.7. The van der Waals surface area contributed by atoms with E-state index in [1.54, 1.807) is 11.0 Å². The minimum atomic E-state index is -0.419. The number of carbonyl (C=O) groups is 1. The van der Waals surface area contributed by atoms with E-state index in [0.29, 0.717) is 23.8 Å². The molecule has 0 saturated carbocycles. The lowest BCUT2D eigenvalue weighted by Crippen LogP contribution is -2.44. The lowest BCUT2D eigenvalue weighted by atomic mass is 10.1. The van der Waals surface area contributed by atoms with E-state index in [1.165, 1.54) is 0 Å². The van der Waals surface area contributed by atoms with Crippen molar-refractivity contribution >= 4 is 23.3 Å². The lowest BCUT2D eigenvalue weighted by Gasteiger charge is -2.30. The maximum absolute atomic E-state index is 12.0. The predicted octanol–water partition coefficient (Wildman–Crippen LogP) is 2.64. The van der Waals surface area contributed by atoms with Crippen LogP contribution in [0.2, 0.25) is 5.02 Å². The third kappa shape index (κ3) is 3.15. The van der Waals surface area contributed by atoms with Crippen molar-refractivity contribution in [3.63, 3.8) is 0 Å². The number of aliphatic hydroxyl groups excluding tert-OH is 1. The van der Waals surface area contributed by atoms with E-state index >= 15 is 0 Å². The number of nitrogens with zero attached hydrogens (tertiary/aromatic N) is 1. The zero-order chi connectivity index (χ0) is 13.1. The molecule has 1 aromatic rings. The van der Waals surface area contributed by atoms with E-state index < -0.39 is 6.10 Å². The summed E-state index contributed by atoms with van der Waals surface area (Å²) in [6.45, 7) is 3.00. The van der Waals surface area contributed by atoms with Gasteiger partial charge in [-0.3, -0.25) is 0 Å². The van der Waals surface area contributed by atoms with Gasteiger partial charge in [-0.15, -0.1) is 0 Å².